The van der Waals surface area contributed by atoms with Crippen LogP contribution in [0.1, 0.15) is 63.9 Å². The second-order valence-corrected chi connectivity index (χ2v) is 13.5. The molecule has 0 saturated heterocycles. The number of hydrogen-bond donors (Lipinski definition) is 1. The van der Waals surface area contributed by atoms with Crippen LogP contribution in [0, 0.1) is 0 Å². The molecule has 1 saturated carbocycles. The minimum atomic E-state index is -3.65. The predicted octanol–water partition coefficient (Wildman–Crippen LogP) is 5.57. The number of sulfonamides is 1. The van der Waals surface area contributed by atoms with Crippen LogP contribution >= 0.6 is 23.2 Å². The van der Waals surface area contributed by atoms with E-state index in [0.29, 0.717) is 46.9 Å². The summed E-state index contributed by atoms with van der Waals surface area (Å²) < 4.78 is 37.9. The molecule has 1 heterocycles. The van der Waals surface area contributed by atoms with Gasteiger partial charge in [0.05, 0.1) is 22.0 Å². The third-order valence-corrected chi connectivity index (χ3v) is 9.57. The Bertz CT molecular complexity index is 1370. The van der Waals surface area contributed by atoms with E-state index in [1.807, 2.05) is 6.92 Å². The molecular weight excluding hydrogens is 601 g/mol. The molecule has 2 aromatic rings. The Morgan fingerprint density at radius 1 is 1.00 bits per heavy atom. The van der Waals surface area contributed by atoms with Gasteiger partial charge in [-0.05, 0) is 55.5 Å². The Kier molecular flexibility index (Phi) is 11.3. The summed E-state index contributed by atoms with van der Waals surface area (Å²) in [6.07, 6.45) is 7.05. The van der Waals surface area contributed by atoms with Crippen molar-refractivity contribution in [3.8, 4) is 11.5 Å². The molecule has 42 heavy (non-hydrogen) atoms. The van der Waals surface area contributed by atoms with Gasteiger partial charge in [0.15, 0.2) is 11.5 Å². The molecule has 0 radical (unpaired) electrons. The molecule has 1 fully saturated rings. The number of ether oxygens (including phenoxy) is 2. The number of nitrogens with one attached hydrogen (secondary N) is 1. The first-order valence-electron chi connectivity index (χ1n) is 14.5. The molecular formula is C30H39Cl2N3O6S. The molecule has 1 unspecified atom stereocenters. The van der Waals surface area contributed by atoms with Gasteiger partial charge in [-0.1, -0.05) is 55.5 Å². The minimum absolute atomic E-state index is 0.0467. The molecule has 1 aliphatic heterocycles. The summed E-state index contributed by atoms with van der Waals surface area (Å²) >= 11 is 12.4. The fourth-order valence-corrected chi connectivity index (χ4v) is 6.77. The number of benzene rings is 2. The van der Waals surface area contributed by atoms with Gasteiger partial charge in [0, 0.05) is 31.6 Å². The first-order valence-corrected chi connectivity index (χ1v) is 17.1. The van der Waals surface area contributed by atoms with Crippen molar-refractivity contribution in [2.24, 2.45) is 0 Å². The third-order valence-electron chi connectivity index (χ3n) is 7.64. The fraction of sp³-hybridized carbons (Fsp3) is 0.533. The van der Waals surface area contributed by atoms with Gasteiger partial charge in [-0.25, -0.2) is 8.42 Å². The highest BCUT2D eigenvalue weighted by Gasteiger charge is 2.31. The van der Waals surface area contributed by atoms with E-state index >= 15 is 0 Å². The summed E-state index contributed by atoms with van der Waals surface area (Å²) in [6, 6.07) is 9.56. The van der Waals surface area contributed by atoms with Crippen molar-refractivity contribution in [1.82, 2.24) is 10.2 Å². The van der Waals surface area contributed by atoms with Crippen molar-refractivity contribution in [2.75, 3.05) is 30.3 Å². The molecule has 12 heteroatoms. The van der Waals surface area contributed by atoms with Crippen LogP contribution in [0.4, 0.5) is 5.69 Å². The van der Waals surface area contributed by atoms with Crippen LogP contribution in [0.5, 0.6) is 11.5 Å². The van der Waals surface area contributed by atoms with E-state index in [1.54, 1.807) is 41.3 Å². The molecule has 2 aromatic carbocycles. The van der Waals surface area contributed by atoms with Crippen LogP contribution in [-0.4, -0.2) is 63.2 Å². The lowest BCUT2D eigenvalue weighted by Crippen LogP contribution is -2.51. The second kappa shape index (κ2) is 14.7. The van der Waals surface area contributed by atoms with Gasteiger partial charge in [0.2, 0.25) is 21.8 Å². The quantitative estimate of drug-likeness (QED) is 0.326. The van der Waals surface area contributed by atoms with Crippen LogP contribution in [0.3, 0.4) is 0 Å². The van der Waals surface area contributed by atoms with Crippen molar-refractivity contribution in [1.29, 1.82) is 0 Å². The molecule has 1 N–H and O–H groups in total. The Labute approximate surface area is 258 Å². The summed E-state index contributed by atoms with van der Waals surface area (Å²) in [6.45, 7) is 2.94. The number of anilines is 1. The molecule has 1 aliphatic carbocycles. The average molecular weight is 641 g/mol. The van der Waals surface area contributed by atoms with Gasteiger partial charge >= 0.3 is 0 Å². The van der Waals surface area contributed by atoms with Crippen molar-refractivity contribution in [2.45, 2.75) is 76.9 Å². The summed E-state index contributed by atoms with van der Waals surface area (Å²) in [5.74, 6) is 0.615. The summed E-state index contributed by atoms with van der Waals surface area (Å²) in [4.78, 5) is 28.8. The number of carbonyl (C=O) groups excluding carboxylic acids is 2. The number of halogens is 2. The zero-order valence-corrected chi connectivity index (χ0v) is 26.4. The third kappa shape index (κ3) is 8.45. The SMILES string of the molecule is CCC(C(=O)NC1CCCCC1)N(Cc1ccc(Cl)c(Cl)c1)C(=O)CCCN(c1ccc2c(c1)OCCO2)S(C)(=O)=O. The molecule has 1 atom stereocenters. The van der Waals surface area contributed by atoms with Gasteiger partial charge in [-0.3, -0.25) is 13.9 Å². The number of rotatable bonds is 12. The van der Waals surface area contributed by atoms with Crippen molar-refractivity contribution < 1.29 is 27.5 Å². The fourth-order valence-electron chi connectivity index (χ4n) is 5.49. The van der Waals surface area contributed by atoms with Gasteiger partial charge in [0.1, 0.15) is 19.3 Å². The molecule has 0 spiro atoms. The van der Waals surface area contributed by atoms with Crippen LogP contribution < -0.4 is 19.1 Å². The molecule has 0 aromatic heterocycles. The minimum Gasteiger partial charge on any atom is -0.486 e. The van der Waals surface area contributed by atoms with Gasteiger partial charge in [-0.2, -0.15) is 0 Å². The number of hydrogen-bond acceptors (Lipinski definition) is 6. The van der Waals surface area contributed by atoms with Crippen LogP contribution in [0.25, 0.3) is 0 Å². The van der Waals surface area contributed by atoms with Crippen LogP contribution in [-0.2, 0) is 26.2 Å². The zero-order chi connectivity index (χ0) is 30.3. The topological polar surface area (TPSA) is 105 Å². The van der Waals surface area contributed by atoms with E-state index in [9.17, 15) is 18.0 Å². The van der Waals surface area contributed by atoms with Gasteiger partial charge < -0.3 is 19.7 Å². The maximum atomic E-state index is 13.7. The maximum Gasteiger partial charge on any atom is 0.243 e. The molecule has 0 bridgehead atoms. The molecule has 4 rings (SSSR count). The highest BCUT2D eigenvalue weighted by atomic mass is 35.5. The van der Waals surface area contributed by atoms with E-state index in [-0.39, 0.29) is 43.8 Å². The van der Waals surface area contributed by atoms with Crippen molar-refractivity contribution in [3.05, 3.63) is 52.0 Å². The molecule has 9 nitrogen and oxygen atoms in total. The lowest BCUT2D eigenvalue weighted by Gasteiger charge is -2.33. The highest BCUT2D eigenvalue weighted by Crippen LogP contribution is 2.35. The summed E-state index contributed by atoms with van der Waals surface area (Å²) in [5, 5.41) is 3.93. The Morgan fingerprint density at radius 2 is 1.71 bits per heavy atom. The normalized spacial score (nSPS) is 16.0. The molecule has 230 valence electrons. The predicted molar refractivity (Wildman–Crippen MR) is 165 cm³/mol. The number of carbonyl (C=O) groups is 2. The highest BCUT2D eigenvalue weighted by molar-refractivity contribution is 7.92. The molecule has 2 amide bonds. The van der Waals surface area contributed by atoms with Crippen LogP contribution in [0.15, 0.2) is 36.4 Å². The first-order chi connectivity index (χ1) is 20.1. The van der Waals surface area contributed by atoms with Crippen LogP contribution in [0.2, 0.25) is 10.0 Å². The Morgan fingerprint density at radius 3 is 2.38 bits per heavy atom. The van der Waals surface area contributed by atoms with E-state index in [4.69, 9.17) is 32.7 Å². The summed E-state index contributed by atoms with van der Waals surface area (Å²) in [5.41, 5.74) is 1.18. The van der Waals surface area contributed by atoms with Crippen molar-refractivity contribution in [3.63, 3.8) is 0 Å². The number of amides is 2. The number of fused-ring (bicyclic) bond motifs is 1. The van der Waals surface area contributed by atoms with E-state index in [1.165, 1.54) is 10.7 Å². The molecule has 2 aliphatic rings. The Hall–Kier alpha value is -2.69. The number of nitrogens with zero attached hydrogens (tertiary/aromatic N) is 2. The lowest BCUT2D eigenvalue weighted by atomic mass is 9.95. The average Bonchev–Trinajstić information content (AvgIpc) is 2.96. The van der Waals surface area contributed by atoms with E-state index < -0.39 is 16.1 Å². The zero-order valence-electron chi connectivity index (χ0n) is 24.1. The van der Waals surface area contributed by atoms with Gasteiger partial charge in [-0.15, -0.1) is 0 Å². The maximum absolute atomic E-state index is 13.7. The Balaban J connectivity index is 1.50. The monoisotopic (exact) mass is 639 g/mol. The van der Waals surface area contributed by atoms with E-state index in [2.05, 4.69) is 5.32 Å². The largest absolute Gasteiger partial charge is 0.486 e. The standard InChI is InChI=1S/C30H39Cl2N3O6S/c1-3-26(30(37)33-22-8-5-4-6-9-22)34(20-21-11-13-24(31)25(32)18-21)29(36)10-7-15-35(42(2,38)39)23-12-14-27-28(19-23)41-17-16-40-27/h11-14,18-19,22,26H,3-10,15-17,20H2,1-2H3,(H,33,37). The first kappa shape index (κ1) is 32.2. The smallest absolute Gasteiger partial charge is 0.243 e. The van der Waals surface area contributed by atoms with E-state index in [0.717, 1.165) is 37.5 Å². The van der Waals surface area contributed by atoms with Gasteiger partial charge in [0.25, 0.3) is 0 Å². The summed E-state index contributed by atoms with van der Waals surface area (Å²) in [7, 11) is -3.65. The lowest BCUT2D eigenvalue weighted by molar-refractivity contribution is -0.141. The van der Waals surface area contributed by atoms with Crippen molar-refractivity contribution >= 4 is 50.7 Å². The second-order valence-electron chi connectivity index (χ2n) is 10.8.